The molecule has 2 N–H and O–H groups in total. The second-order valence-corrected chi connectivity index (χ2v) is 3.03. The summed E-state index contributed by atoms with van der Waals surface area (Å²) >= 11 is 0. The molecule has 0 spiro atoms. The number of hydrogen-bond donors (Lipinski definition) is 2. The van der Waals surface area contributed by atoms with Crippen molar-refractivity contribution >= 4 is 12.1 Å². The van der Waals surface area contributed by atoms with Gasteiger partial charge in [-0.25, -0.2) is 14.9 Å². The Morgan fingerprint density at radius 2 is 1.77 bits per heavy atom. The van der Waals surface area contributed by atoms with E-state index < -0.39 is 12.1 Å². The first-order valence-electron chi connectivity index (χ1n) is 4.07. The summed E-state index contributed by atoms with van der Waals surface area (Å²) in [6.07, 6.45) is -1.30. The Kier molecular flexibility index (Phi) is 3.07. The summed E-state index contributed by atoms with van der Waals surface area (Å²) in [5.74, 6) is 0. The van der Waals surface area contributed by atoms with Gasteiger partial charge in [0.15, 0.2) is 0 Å². The van der Waals surface area contributed by atoms with E-state index in [1.165, 1.54) is 4.90 Å². The minimum atomic E-state index is -1.30. The zero-order chi connectivity index (χ0) is 9.84. The fourth-order valence-corrected chi connectivity index (χ4v) is 1.18. The topological polar surface area (TPSA) is 72.9 Å². The lowest BCUT2D eigenvalue weighted by Gasteiger charge is -2.31. The van der Waals surface area contributed by atoms with E-state index in [2.05, 4.69) is 4.90 Å². The van der Waals surface area contributed by atoms with E-state index in [-0.39, 0.29) is 0 Å². The molecule has 74 valence electrons. The van der Waals surface area contributed by atoms with Gasteiger partial charge in [0, 0.05) is 26.2 Å². The molecule has 0 aromatic carbocycles. The third-order valence-corrected chi connectivity index (χ3v) is 2.00. The largest absolute Gasteiger partial charge is 0.465 e. The molecular weight excluding hydrogens is 174 g/mol. The quantitative estimate of drug-likeness (QED) is 0.542. The summed E-state index contributed by atoms with van der Waals surface area (Å²) < 4.78 is 0. The van der Waals surface area contributed by atoms with Crippen LogP contribution in [0.2, 0.25) is 0 Å². The summed E-state index contributed by atoms with van der Waals surface area (Å²) in [5, 5.41) is 10.1. The first-order chi connectivity index (χ1) is 6.09. The standard InChI is InChI=1S/C7H13N3O3/c1-9-2-4-10(5-3-9)6(11)8-7(12)13/h2-5H2,1H3,(H,8,11)(H,12,13). The van der Waals surface area contributed by atoms with E-state index in [0.29, 0.717) is 13.1 Å². The molecule has 1 fully saturated rings. The third kappa shape index (κ3) is 2.90. The van der Waals surface area contributed by atoms with Gasteiger partial charge >= 0.3 is 12.1 Å². The number of likely N-dealkylation sites (N-methyl/N-ethyl adjacent to an activating group) is 1. The van der Waals surface area contributed by atoms with E-state index in [9.17, 15) is 9.59 Å². The number of nitrogens with zero attached hydrogens (tertiary/aromatic N) is 2. The van der Waals surface area contributed by atoms with Crippen molar-refractivity contribution in [3.8, 4) is 0 Å². The van der Waals surface area contributed by atoms with Crippen LogP contribution in [-0.4, -0.2) is 60.3 Å². The van der Waals surface area contributed by atoms with Crippen molar-refractivity contribution in [3.63, 3.8) is 0 Å². The normalized spacial score (nSPS) is 18.4. The van der Waals surface area contributed by atoms with E-state index in [1.54, 1.807) is 0 Å². The lowest BCUT2D eigenvalue weighted by molar-refractivity contribution is 0.149. The Morgan fingerprint density at radius 3 is 2.23 bits per heavy atom. The van der Waals surface area contributed by atoms with Crippen molar-refractivity contribution in [2.45, 2.75) is 0 Å². The molecule has 1 aliphatic rings. The minimum Gasteiger partial charge on any atom is -0.465 e. The highest BCUT2D eigenvalue weighted by Crippen LogP contribution is 1.98. The molecule has 6 heteroatoms. The molecule has 0 aromatic rings. The number of carbonyl (C=O) groups is 2. The second kappa shape index (κ2) is 4.08. The number of amides is 3. The molecule has 0 aliphatic carbocycles. The van der Waals surface area contributed by atoms with Crippen LogP contribution in [0.1, 0.15) is 0 Å². The Hall–Kier alpha value is -1.30. The lowest BCUT2D eigenvalue weighted by atomic mass is 10.3. The van der Waals surface area contributed by atoms with Crippen molar-refractivity contribution in [2.24, 2.45) is 0 Å². The van der Waals surface area contributed by atoms with Gasteiger partial charge in [-0.15, -0.1) is 0 Å². The Morgan fingerprint density at radius 1 is 1.23 bits per heavy atom. The van der Waals surface area contributed by atoms with Gasteiger partial charge in [-0.05, 0) is 7.05 Å². The average molecular weight is 187 g/mol. The Balaban J connectivity index is 2.36. The van der Waals surface area contributed by atoms with Gasteiger partial charge in [0.2, 0.25) is 0 Å². The van der Waals surface area contributed by atoms with Gasteiger partial charge < -0.3 is 14.9 Å². The summed E-state index contributed by atoms with van der Waals surface area (Å²) in [5.41, 5.74) is 0. The molecule has 13 heavy (non-hydrogen) atoms. The first-order valence-corrected chi connectivity index (χ1v) is 4.07. The van der Waals surface area contributed by atoms with Gasteiger partial charge in [0.25, 0.3) is 0 Å². The third-order valence-electron chi connectivity index (χ3n) is 2.00. The molecule has 1 saturated heterocycles. The van der Waals surface area contributed by atoms with Crippen LogP contribution >= 0.6 is 0 Å². The van der Waals surface area contributed by atoms with Crippen LogP contribution < -0.4 is 5.32 Å². The number of urea groups is 1. The number of rotatable bonds is 0. The van der Waals surface area contributed by atoms with E-state index in [0.717, 1.165) is 13.1 Å². The summed E-state index contributed by atoms with van der Waals surface area (Å²) in [7, 11) is 1.96. The van der Waals surface area contributed by atoms with Crippen molar-refractivity contribution < 1.29 is 14.7 Å². The zero-order valence-electron chi connectivity index (χ0n) is 7.49. The molecule has 0 saturated carbocycles. The molecule has 0 aromatic heterocycles. The number of nitrogens with one attached hydrogen (secondary N) is 1. The fourth-order valence-electron chi connectivity index (χ4n) is 1.18. The number of hydrogen-bond acceptors (Lipinski definition) is 3. The number of carboxylic acid groups (broad SMARTS) is 1. The van der Waals surface area contributed by atoms with Gasteiger partial charge in [-0.3, -0.25) is 0 Å². The minimum absolute atomic E-state index is 0.527. The van der Waals surface area contributed by atoms with Gasteiger partial charge in [0.1, 0.15) is 0 Å². The number of imide groups is 1. The monoisotopic (exact) mass is 187 g/mol. The van der Waals surface area contributed by atoms with Crippen LogP contribution in [0.25, 0.3) is 0 Å². The maximum absolute atomic E-state index is 11.1. The smallest absolute Gasteiger partial charge is 0.412 e. The Labute approximate surface area is 76.1 Å². The number of piperazine rings is 1. The lowest BCUT2D eigenvalue weighted by Crippen LogP contribution is -2.51. The highest BCUT2D eigenvalue weighted by atomic mass is 16.4. The van der Waals surface area contributed by atoms with E-state index in [4.69, 9.17) is 5.11 Å². The summed E-state index contributed by atoms with van der Waals surface area (Å²) in [4.78, 5) is 24.9. The predicted molar refractivity (Wildman–Crippen MR) is 45.6 cm³/mol. The van der Waals surface area contributed by atoms with Crippen molar-refractivity contribution in [1.82, 2.24) is 15.1 Å². The molecule has 0 unspecified atom stereocenters. The molecule has 0 bridgehead atoms. The highest BCUT2D eigenvalue weighted by Gasteiger charge is 2.19. The fraction of sp³-hybridized carbons (Fsp3) is 0.714. The van der Waals surface area contributed by atoms with E-state index >= 15 is 0 Å². The van der Waals surface area contributed by atoms with Gasteiger partial charge in [-0.2, -0.15) is 0 Å². The number of carbonyl (C=O) groups excluding carboxylic acids is 1. The van der Waals surface area contributed by atoms with Crippen LogP contribution in [0, 0.1) is 0 Å². The van der Waals surface area contributed by atoms with Gasteiger partial charge in [-0.1, -0.05) is 0 Å². The van der Waals surface area contributed by atoms with Crippen LogP contribution in [-0.2, 0) is 0 Å². The van der Waals surface area contributed by atoms with Gasteiger partial charge in [0.05, 0.1) is 0 Å². The molecule has 3 amide bonds. The highest BCUT2D eigenvalue weighted by molar-refractivity contribution is 5.89. The molecule has 1 heterocycles. The van der Waals surface area contributed by atoms with Crippen molar-refractivity contribution in [2.75, 3.05) is 33.2 Å². The van der Waals surface area contributed by atoms with Crippen LogP contribution in [0.15, 0.2) is 0 Å². The van der Waals surface area contributed by atoms with Crippen molar-refractivity contribution in [3.05, 3.63) is 0 Å². The molecule has 1 aliphatic heterocycles. The molecule has 1 rings (SSSR count). The molecule has 6 nitrogen and oxygen atoms in total. The first kappa shape index (κ1) is 9.79. The Bertz CT molecular complexity index is 211. The SMILES string of the molecule is CN1CCN(C(=O)NC(=O)O)CC1. The molecule has 0 atom stereocenters. The second-order valence-electron chi connectivity index (χ2n) is 3.03. The van der Waals surface area contributed by atoms with Crippen LogP contribution in [0.3, 0.4) is 0 Å². The van der Waals surface area contributed by atoms with E-state index in [1.807, 2.05) is 12.4 Å². The summed E-state index contributed by atoms with van der Waals surface area (Å²) in [6, 6.07) is -0.527. The predicted octanol–water partition coefficient (Wildman–Crippen LogP) is -0.379. The zero-order valence-corrected chi connectivity index (χ0v) is 7.49. The maximum atomic E-state index is 11.1. The van der Waals surface area contributed by atoms with Crippen LogP contribution in [0.5, 0.6) is 0 Å². The van der Waals surface area contributed by atoms with Crippen LogP contribution in [0.4, 0.5) is 9.59 Å². The molecular formula is C7H13N3O3. The molecule has 0 radical (unpaired) electrons. The average Bonchev–Trinajstić information content (AvgIpc) is 2.04. The van der Waals surface area contributed by atoms with Crippen molar-refractivity contribution in [1.29, 1.82) is 0 Å². The summed E-state index contributed by atoms with van der Waals surface area (Å²) in [6.45, 7) is 2.73. The maximum Gasteiger partial charge on any atom is 0.412 e.